The van der Waals surface area contributed by atoms with Crippen LogP contribution in [-0.2, 0) is 4.74 Å². The summed E-state index contributed by atoms with van der Waals surface area (Å²) in [5.41, 5.74) is 0.179. The van der Waals surface area contributed by atoms with Crippen molar-refractivity contribution in [2.24, 2.45) is 0 Å². The van der Waals surface area contributed by atoms with Crippen molar-refractivity contribution in [3.63, 3.8) is 0 Å². The summed E-state index contributed by atoms with van der Waals surface area (Å²) in [6.07, 6.45) is 1.75. The fraction of sp³-hybridized carbons (Fsp3) is 0.455. The minimum atomic E-state index is -0.612. The zero-order valence-corrected chi connectivity index (χ0v) is 9.61. The molecule has 1 rings (SSSR count). The molecule has 0 saturated heterocycles. The number of methoxy groups -OCH3 is 1. The molecule has 1 aromatic carbocycles. The lowest BCUT2D eigenvalue weighted by Gasteiger charge is -2.06. The summed E-state index contributed by atoms with van der Waals surface area (Å²) in [6, 6.07) is 3.46. The molecule has 5 nitrogen and oxygen atoms in total. The Labute approximate surface area is 98.7 Å². The Kier molecular flexibility index (Phi) is 5.35. The normalized spacial score (nSPS) is 10.2. The van der Waals surface area contributed by atoms with Crippen LogP contribution in [0.1, 0.15) is 12.8 Å². The number of ether oxygens (including phenoxy) is 1. The van der Waals surface area contributed by atoms with Crippen LogP contribution in [-0.4, -0.2) is 25.2 Å². The van der Waals surface area contributed by atoms with Gasteiger partial charge in [-0.15, -0.1) is 0 Å². The van der Waals surface area contributed by atoms with Gasteiger partial charge in [0, 0.05) is 32.0 Å². The topological polar surface area (TPSA) is 64.4 Å². The molecule has 0 fully saturated rings. The van der Waals surface area contributed by atoms with Gasteiger partial charge in [0.2, 0.25) is 0 Å². The van der Waals surface area contributed by atoms with Crippen LogP contribution in [0.3, 0.4) is 0 Å². The SMILES string of the molecule is COCCCCNc1cc(F)cc([N+](=O)[O-])c1. The monoisotopic (exact) mass is 242 g/mol. The van der Waals surface area contributed by atoms with E-state index in [9.17, 15) is 14.5 Å². The highest BCUT2D eigenvalue weighted by atomic mass is 19.1. The zero-order chi connectivity index (χ0) is 12.7. The number of benzene rings is 1. The summed E-state index contributed by atoms with van der Waals surface area (Å²) in [5, 5.41) is 13.5. The molecule has 0 saturated carbocycles. The van der Waals surface area contributed by atoms with Crippen molar-refractivity contribution >= 4 is 11.4 Å². The second kappa shape index (κ2) is 6.80. The van der Waals surface area contributed by atoms with E-state index in [4.69, 9.17) is 4.74 Å². The van der Waals surface area contributed by atoms with Crippen molar-refractivity contribution in [1.29, 1.82) is 0 Å². The van der Waals surface area contributed by atoms with Crippen LogP contribution in [0.5, 0.6) is 0 Å². The van der Waals surface area contributed by atoms with E-state index < -0.39 is 10.7 Å². The van der Waals surface area contributed by atoms with Crippen LogP contribution in [0.25, 0.3) is 0 Å². The number of nitro benzene ring substituents is 1. The first kappa shape index (κ1) is 13.4. The Morgan fingerprint density at radius 2 is 2.18 bits per heavy atom. The van der Waals surface area contributed by atoms with Gasteiger partial charge in [-0.05, 0) is 18.9 Å². The molecular weight excluding hydrogens is 227 g/mol. The van der Waals surface area contributed by atoms with E-state index >= 15 is 0 Å². The van der Waals surface area contributed by atoms with Crippen LogP contribution in [0.2, 0.25) is 0 Å². The lowest BCUT2D eigenvalue weighted by molar-refractivity contribution is -0.385. The molecule has 0 aromatic heterocycles. The van der Waals surface area contributed by atoms with Crippen LogP contribution in [0, 0.1) is 15.9 Å². The lowest BCUT2D eigenvalue weighted by atomic mass is 10.2. The minimum absolute atomic E-state index is 0.246. The number of anilines is 1. The highest BCUT2D eigenvalue weighted by Crippen LogP contribution is 2.19. The number of rotatable bonds is 7. The smallest absolute Gasteiger partial charge is 0.274 e. The molecule has 94 valence electrons. The van der Waals surface area contributed by atoms with Crippen LogP contribution in [0.15, 0.2) is 18.2 Å². The number of nitrogens with one attached hydrogen (secondary N) is 1. The maximum atomic E-state index is 13.1. The molecule has 0 amide bonds. The van der Waals surface area contributed by atoms with E-state index in [0.717, 1.165) is 18.9 Å². The maximum absolute atomic E-state index is 13.1. The number of unbranched alkanes of at least 4 members (excludes halogenated alkanes) is 1. The molecule has 0 bridgehead atoms. The predicted molar refractivity (Wildman–Crippen MR) is 62.7 cm³/mol. The van der Waals surface area contributed by atoms with Gasteiger partial charge in [0.05, 0.1) is 11.0 Å². The van der Waals surface area contributed by atoms with Crippen molar-refractivity contribution in [2.45, 2.75) is 12.8 Å². The molecule has 17 heavy (non-hydrogen) atoms. The third-order valence-electron chi connectivity index (χ3n) is 2.20. The summed E-state index contributed by atoms with van der Waals surface area (Å²) in [5.74, 6) is -0.612. The Morgan fingerprint density at radius 3 is 2.82 bits per heavy atom. The first-order valence-corrected chi connectivity index (χ1v) is 5.31. The zero-order valence-electron chi connectivity index (χ0n) is 9.61. The van der Waals surface area contributed by atoms with Crippen LogP contribution < -0.4 is 5.32 Å². The highest BCUT2D eigenvalue weighted by Gasteiger charge is 2.09. The Balaban J connectivity index is 2.50. The summed E-state index contributed by atoms with van der Waals surface area (Å²) in [4.78, 5) is 9.90. The van der Waals surface area contributed by atoms with Crippen LogP contribution in [0.4, 0.5) is 15.8 Å². The first-order valence-electron chi connectivity index (χ1n) is 5.31. The van der Waals surface area contributed by atoms with Crippen molar-refractivity contribution in [1.82, 2.24) is 0 Å². The van der Waals surface area contributed by atoms with Crippen LogP contribution >= 0.6 is 0 Å². The van der Waals surface area contributed by atoms with E-state index in [-0.39, 0.29) is 5.69 Å². The van der Waals surface area contributed by atoms with Gasteiger partial charge in [-0.2, -0.15) is 0 Å². The molecule has 0 radical (unpaired) electrons. The summed E-state index contributed by atoms with van der Waals surface area (Å²) >= 11 is 0. The second-order valence-electron chi connectivity index (χ2n) is 3.58. The number of non-ortho nitro benzene ring substituents is 1. The number of halogens is 1. The van der Waals surface area contributed by atoms with Gasteiger partial charge in [-0.3, -0.25) is 10.1 Å². The Bertz CT molecular complexity index is 385. The van der Waals surface area contributed by atoms with Gasteiger partial charge < -0.3 is 10.1 Å². The van der Waals surface area contributed by atoms with Crippen molar-refractivity contribution in [3.05, 3.63) is 34.1 Å². The molecule has 0 unspecified atom stereocenters. The van der Waals surface area contributed by atoms with E-state index in [1.54, 1.807) is 7.11 Å². The maximum Gasteiger partial charge on any atom is 0.274 e. The first-order chi connectivity index (χ1) is 8.13. The third kappa shape index (κ3) is 4.78. The fourth-order valence-electron chi connectivity index (χ4n) is 1.39. The third-order valence-corrected chi connectivity index (χ3v) is 2.20. The molecule has 0 heterocycles. The standard InChI is InChI=1S/C11H15FN2O3/c1-17-5-3-2-4-13-10-6-9(12)7-11(8-10)14(15)16/h6-8,13H,2-5H2,1H3. The largest absolute Gasteiger partial charge is 0.385 e. The van der Waals surface area contributed by atoms with E-state index in [1.165, 1.54) is 12.1 Å². The molecule has 1 N–H and O–H groups in total. The van der Waals surface area contributed by atoms with E-state index in [2.05, 4.69) is 5.32 Å². The minimum Gasteiger partial charge on any atom is -0.385 e. The summed E-state index contributed by atoms with van der Waals surface area (Å²) < 4.78 is 17.9. The van der Waals surface area contributed by atoms with Gasteiger partial charge in [0.15, 0.2) is 0 Å². The molecular formula is C11H15FN2O3. The molecule has 0 spiro atoms. The number of hydrogen-bond donors (Lipinski definition) is 1. The summed E-state index contributed by atoms with van der Waals surface area (Å²) in [7, 11) is 1.63. The van der Waals surface area contributed by atoms with Gasteiger partial charge in [-0.25, -0.2) is 4.39 Å². The van der Waals surface area contributed by atoms with Crippen molar-refractivity contribution < 1.29 is 14.1 Å². The Hall–Kier alpha value is -1.69. The molecule has 6 heteroatoms. The van der Waals surface area contributed by atoms with Gasteiger partial charge in [0.25, 0.3) is 5.69 Å². The molecule has 0 aliphatic carbocycles. The molecule has 0 aliphatic rings. The van der Waals surface area contributed by atoms with Gasteiger partial charge in [-0.1, -0.05) is 0 Å². The number of hydrogen-bond acceptors (Lipinski definition) is 4. The average molecular weight is 242 g/mol. The Morgan fingerprint density at radius 1 is 1.41 bits per heavy atom. The highest BCUT2D eigenvalue weighted by molar-refractivity contribution is 5.51. The van der Waals surface area contributed by atoms with Gasteiger partial charge >= 0.3 is 0 Å². The number of nitro groups is 1. The van der Waals surface area contributed by atoms with Crippen molar-refractivity contribution in [2.75, 3.05) is 25.6 Å². The average Bonchev–Trinajstić information content (AvgIpc) is 2.28. The fourth-order valence-corrected chi connectivity index (χ4v) is 1.39. The predicted octanol–water partition coefficient (Wildman–Crippen LogP) is 2.57. The molecule has 0 aliphatic heterocycles. The van der Waals surface area contributed by atoms with Gasteiger partial charge in [0.1, 0.15) is 5.82 Å². The molecule has 1 aromatic rings. The van der Waals surface area contributed by atoms with E-state index in [0.29, 0.717) is 18.8 Å². The lowest BCUT2D eigenvalue weighted by Crippen LogP contribution is -2.03. The summed E-state index contributed by atoms with van der Waals surface area (Å²) in [6.45, 7) is 1.30. The number of nitrogens with zero attached hydrogens (tertiary/aromatic N) is 1. The second-order valence-corrected chi connectivity index (χ2v) is 3.58. The molecule has 0 atom stereocenters. The van der Waals surface area contributed by atoms with E-state index in [1.807, 2.05) is 0 Å². The quantitative estimate of drug-likeness (QED) is 0.453. The van der Waals surface area contributed by atoms with Crippen molar-refractivity contribution in [3.8, 4) is 0 Å².